The predicted octanol–water partition coefficient (Wildman–Crippen LogP) is 4.31. The standard InChI is InChI=1S/C22H31N3O4.HI/c1-5-29-20-12-9-18(15-21(20)27-4)25-22(23-2)24-13-6-14-28-16-17-7-10-19(26-3)11-8-17;/h7-12,15H,5-6,13-14,16H2,1-4H3,(H2,23,24,25);1H. The number of nitrogens with zero attached hydrogens (tertiary/aromatic N) is 1. The van der Waals surface area contributed by atoms with Gasteiger partial charge in [0.25, 0.3) is 0 Å². The smallest absolute Gasteiger partial charge is 0.195 e. The van der Waals surface area contributed by atoms with Crippen LogP contribution in [0.1, 0.15) is 18.9 Å². The Morgan fingerprint density at radius 1 is 1.00 bits per heavy atom. The molecule has 0 aliphatic carbocycles. The first kappa shape index (κ1) is 25.8. The summed E-state index contributed by atoms with van der Waals surface area (Å²) in [5, 5.41) is 6.53. The van der Waals surface area contributed by atoms with E-state index < -0.39 is 0 Å². The molecule has 0 spiro atoms. The summed E-state index contributed by atoms with van der Waals surface area (Å²) in [5.74, 6) is 2.94. The van der Waals surface area contributed by atoms with Crippen molar-refractivity contribution in [1.82, 2.24) is 5.32 Å². The van der Waals surface area contributed by atoms with E-state index in [4.69, 9.17) is 18.9 Å². The maximum Gasteiger partial charge on any atom is 0.195 e. The minimum Gasteiger partial charge on any atom is -0.497 e. The minimum absolute atomic E-state index is 0. The van der Waals surface area contributed by atoms with Crippen molar-refractivity contribution in [3.63, 3.8) is 0 Å². The summed E-state index contributed by atoms with van der Waals surface area (Å²) in [5.41, 5.74) is 2.00. The molecule has 2 aromatic carbocycles. The molecular weight excluding hydrogens is 497 g/mol. The van der Waals surface area contributed by atoms with Gasteiger partial charge in [-0.3, -0.25) is 4.99 Å². The van der Waals surface area contributed by atoms with Gasteiger partial charge in [0.1, 0.15) is 5.75 Å². The van der Waals surface area contributed by atoms with E-state index in [0.29, 0.717) is 31.5 Å². The molecule has 0 saturated heterocycles. The zero-order chi connectivity index (χ0) is 20.9. The number of anilines is 1. The third-order valence-corrected chi connectivity index (χ3v) is 4.14. The quantitative estimate of drug-likeness (QED) is 0.196. The number of halogens is 1. The van der Waals surface area contributed by atoms with Gasteiger partial charge in [0.05, 0.1) is 27.4 Å². The lowest BCUT2D eigenvalue weighted by Gasteiger charge is -2.14. The number of guanidine groups is 1. The van der Waals surface area contributed by atoms with Crippen LogP contribution in [0.25, 0.3) is 0 Å². The van der Waals surface area contributed by atoms with Crippen LogP contribution in [-0.2, 0) is 11.3 Å². The molecule has 0 amide bonds. The molecule has 0 bridgehead atoms. The lowest BCUT2D eigenvalue weighted by Crippen LogP contribution is -2.31. The first-order valence-corrected chi connectivity index (χ1v) is 9.69. The second-order valence-electron chi connectivity index (χ2n) is 6.18. The lowest BCUT2D eigenvalue weighted by molar-refractivity contribution is 0.119. The van der Waals surface area contributed by atoms with Gasteiger partial charge < -0.3 is 29.6 Å². The van der Waals surface area contributed by atoms with Gasteiger partial charge in [-0.2, -0.15) is 0 Å². The van der Waals surface area contributed by atoms with Crippen molar-refractivity contribution in [1.29, 1.82) is 0 Å². The van der Waals surface area contributed by atoms with Gasteiger partial charge in [0, 0.05) is 32.0 Å². The van der Waals surface area contributed by atoms with Crippen molar-refractivity contribution >= 4 is 35.6 Å². The largest absolute Gasteiger partial charge is 0.497 e. The van der Waals surface area contributed by atoms with Crippen molar-refractivity contribution in [2.75, 3.05) is 46.3 Å². The van der Waals surface area contributed by atoms with Crippen LogP contribution in [-0.4, -0.2) is 47.0 Å². The second kappa shape index (κ2) is 14.7. The number of hydrogen-bond donors (Lipinski definition) is 2. The Kier molecular flexibility index (Phi) is 12.7. The van der Waals surface area contributed by atoms with Gasteiger partial charge in [0.2, 0.25) is 0 Å². The van der Waals surface area contributed by atoms with E-state index in [2.05, 4.69) is 15.6 Å². The molecule has 2 N–H and O–H groups in total. The van der Waals surface area contributed by atoms with Crippen LogP contribution < -0.4 is 24.8 Å². The summed E-state index contributed by atoms with van der Waals surface area (Å²) in [6.07, 6.45) is 0.865. The molecule has 0 radical (unpaired) electrons. The van der Waals surface area contributed by atoms with Gasteiger partial charge in [-0.15, -0.1) is 24.0 Å². The monoisotopic (exact) mass is 529 g/mol. The molecule has 0 atom stereocenters. The van der Waals surface area contributed by atoms with Gasteiger partial charge in [0.15, 0.2) is 17.5 Å². The van der Waals surface area contributed by atoms with E-state index in [0.717, 1.165) is 35.7 Å². The molecule has 0 saturated carbocycles. The zero-order valence-corrected chi connectivity index (χ0v) is 20.4. The van der Waals surface area contributed by atoms with Crippen molar-refractivity contribution in [2.24, 2.45) is 4.99 Å². The van der Waals surface area contributed by atoms with Gasteiger partial charge in [-0.25, -0.2) is 0 Å². The number of hydrogen-bond acceptors (Lipinski definition) is 5. The highest BCUT2D eigenvalue weighted by Gasteiger charge is 2.06. The minimum atomic E-state index is 0. The number of ether oxygens (including phenoxy) is 4. The van der Waals surface area contributed by atoms with E-state index in [9.17, 15) is 0 Å². The van der Waals surface area contributed by atoms with Crippen LogP contribution in [0.4, 0.5) is 5.69 Å². The van der Waals surface area contributed by atoms with E-state index in [-0.39, 0.29) is 24.0 Å². The topological polar surface area (TPSA) is 73.3 Å². The molecule has 0 aliphatic heterocycles. The molecule has 2 aromatic rings. The summed E-state index contributed by atoms with van der Waals surface area (Å²) in [6, 6.07) is 13.6. The Morgan fingerprint density at radius 3 is 2.40 bits per heavy atom. The molecular formula is C22H32IN3O4. The van der Waals surface area contributed by atoms with Gasteiger partial charge in [-0.1, -0.05) is 12.1 Å². The van der Waals surface area contributed by atoms with E-state index in [1.165, 1.54) is 0 Å². The Labute approximate surface area is 196 Å². The molecule has 30 heavy (non-hydrogen) atoms. The van der Waals surface area contributed by atoms with Gasteiger partial charge >= 0.3 is 0 Å². The average molecular weight is 529 g/mol. The van der Waals surface area contributed by atoms with Crippen molar-refractivity contribution in [3.8, 4) is 17.2 Å². The number of methoxy groups -OCH3 is 2. The maximum atomic E-state index is 5.72. The van der Waals surface area contributed by atoms with Crippen molar-refractivity contribution in [3.05, 3.63) is 48.0 Å². The van der Waals surface area contributed by atoms with Crippen molar-refractivity contribution in [2.45, 2.75) is 20.0 Å². The van der Waals surface area contributed by atoms with Crippen molar-refractivity contribution < 1.29 is 18.9 Å². The van der Waals surface area contributed by atoms with E-state index in [1.807, 2.05) is 49.4 Å². The molecule has 2 rings (SSSR count). The third kappa shape index (κ3) is 8.66. The van der Waals surface area contributed by atoms with Crippen LogP contribution in [0.2, 0.25) is 0 Å². The highest BCUT2D eigenvalue weighted by Crippen LogP contribution is 2.30. The fourth-order valence-corrected chi connectivity index (χ4v) is 2.63. The SMILES string of the molecule is CCOc1ccc(NC(=NC)NCCCOCc2ccc(OC)cc2)cc1OC.I. The summed E-state index contributed by atoms with van der Waals surface area (Å²) in [4.78, 5) is 4.25. The first-order chi connectivity index (χ1) is 14.2. The lowest BCUT2D eigenvalue weighted by atomic mass is 10.2. The fraction of sp³-hybridized carbons (Fsp3) is 0.409. The summed E-state index contributed by atoms with van der Waals surface area (Å²) >= 11 is 0. The summed E-state index contributed by atoms with van der Waals surface area (Å²) in [7, 11) is 5.02. The summed E-state index contributed by atoms with van der Waals surface area (Å²) < 4.78 is 21.8. The van der Waals surface area contributed by atoms with Crippen LogP contribution in [0.3, 0.4) is 0 Å². The van der Waals surface area contributed by atoms with Crippen LogP contribution in [0.15, 0.2) is 47.5 Å². The van der Waals surface area contributed by atoms with E-state index >= 15 is 0 Å². The van der Waals surface area contributed by atoms with Crippen LogP contribution >= 0.6 is 24.0 Å². The molecule has 0 heterocycles. The van der Waals surface area contributed by atoms with Crippen LogP contribution in [0.5, 0.6) is 17.2 Å². The zero-order valence-electron chi connectivity index (χ0n) is 18.1. The molecule has 0 fully saturated rings. The summed E-state index contributed by atoms with van der Waals surface area (Å²) in [6.45, 7) is 4.53. The highest BCUT2D eigenvalue weighted by molar-refractivity contribution is 14.0. The number of benzene rings is 2. The van der Waals surface area contributed by atoms with Crippen LogP contribution in [0, 0.1) is 0 Å². The number of aliphatic imine (C=N–C) groups is 1. The molecule has 0 aliphatic rings. The van der Waals surface area contributed by atoms with Gasteiger partial charge in [-0.05, 0) is 43.2 Å². The van der Waals surface area contributed by atoms with E-state index in [1.54, 1.807) is 21.3 Å². The Hall–Kier alpha value is -2.20. The molecule has 0 unspecified atom stereocenters. The molecule has 0 aromatic heterocycles. The Morgan fingerprint density at radius 2 is 1.77 bits per heavy atom. The second-order valence-corrected chi connectivity index (χ2v) is 6.18. The fourth-order valence-electron chi connectivity index (χ4n) is 2.63. The maximum absolute atomic E-state index is 5.72. The molecule has 7 nitrogen and oxygen atoms in total. The highest BCUT2D eigenvalue weighted by atomic mass is 127. The number of nitrogens with one attached hydrogen (secondary N) is 2. The predicted molar refractivity (Wildman–Crippen MR) is 132 cm³/mol. The Balaban J connectivity index is 0.00000450. The first-order valence-electron chi connectivity index (χ1n) is 9.69. The normalized spacial score (nSPS) is 10.7. The molecule has 8 heteroatoms. The average Bonchev–Trinajstić information content (AvgIpc) is 2.76. The Bertz CT molecular complexity index is 769. The number of rotatable bonds is 11. The third-order valence-electron chi connectivity index (χ3n) is 4.14. The molecule has 166 valence electrons.